The number of rotatable bonds is 6. The van der Waals surface area contributed by atoms with Gasteiger partial charge in [-0.1, -0.05) is 17.3 Å². The van der Waals surface area contributed by atoms with Gasteiger partial charge in [-0.25, -0.2) is 4.39 Å². The molecule has 3 aromatic rings. The van der Waals surface area contributed by atoms with Crippen LogP contribution in [-0.4, -0.2) is 52.1 Å². The van der Waals surface area contributed by atoms with Crippen molar-refractivity contribution in [3.05, 3.63) is 70.4 Å². The zero-order valence-corrected chi connectivity index (χ0v) is 16.6. The maximum absolute atomic E-state index is 13.8. The summed E-state index contributed by atoms with van der Waals surface area (Å²) in [7, 11) is 0. The highest BCUT2D eigenvalue weighted by Crippen LogP contribution is 2.22. The Morgan fingerprint density at radius 2 is 1.81 bits per heavy atom. The van der Waals surface area contributed by atoms with Crippen LogP contribution in [0.25, 0.3) is 11.4 Å². The number of non-ortho nitro benzene ring substituents is 1. The molecule has 31 heavy (non-hydrogen) atoms. The van der Waals surface area contributed by atoms with Crippen LogP contribution in [0.5, 0.6) is 0 Å². The first-order chi connectivity index (χ1) is 15.0. The first-order valence-electron chi connectivity index (χ1n) is 9.86. The Morgan fingerprint density at radius 3 is 2.48 bits per heavy atom. The number of piperazine rings is 1. The van der Waals surface area contributed by atoms with Crippen LogP contribution < -0.4 is 4.90 Å². The van der Waals surface area contributed by atoms with E-state index in [-0.39, 0.29) is 41.7 Å². The molecule has 0 aliphatic carbocycles. The zero-order valence-electron chi connectivity index (χ0n) is 16.6. The third kappa shape index (κ3) is 4.68. The third-order valence-corrected chi connectivity index (χ3v) is 5.19. The van der Waals surface area contributed by atoms with Gasteiger partial charge >= 0.3 is 0 Å². The van der Waals surface area contributed by atoms with E-state index >= 15 is 0 Å². The molecule has 0 spiro atoms. The van der Waals surface area contributed by atoms with E-state index in [1.54, 1.807) is 35.2 Å². The molecule has 10 heteroatoms. The quantitative estimate of drug-likeness (QED) is 0.441. The van der Waals surface area contributed by atoms with Crippen molar-refractivity contribution in [1.82, 2.24) is 15.0 Å². The van der Waals surface area contributed by atoms with Crippen molar-refractivity contribution < 1.29 is 18.6 Å². The van der Waals surface area contributed by atoms with E-state index in [2.05, 4.69) is 15.0 Å². The average Bonchev–Trinajstić information content (AvgIpc) is 3.27. The van der Waals surface area contributed by atoms with Crippen molar-refractivity contribution in [2.45, 2.75) is 12.8 Å². The molecule has 1 aliphatic heterocycles. The number of halogens is 1. The molecule has 1 aliphatic rings. The van der Waals surface area contributed by atoms with E-state index in [0.717, 1.165) is 5.69 Å². The fourth-order valence-corrected chi connectivity index (χ4v) is 3.48. The van der Waals surface area contributed by atoms with Crippen LogP contribution in [0.15, 0.2) is 53.1 Å². The van der Waals surface area contributed by atoms with E-state index < -0.39 is 10.7 Å². The molecule has 0 radical (unpaired) electrons. The Morgan fingerprint density at radius 1 is 1.10 bits per heavy atom. The summed E-state index contributed by atoms with van der Waals surface area (Å²) >= 11 is 0. The SMILES string of the molecule is O=C(CCc1nc(-c2ccccc2F)no1)N1CCN(c2ccc([N+](=O)[O-])cc2)CC1. The molecule has 0 atom stereocenters. The topological polar surface area (TPSA) is 106 Å². The number of nitro groups is 1. The summed E-state index contributed by atoms with van der Waals surface area (Å²) < 4.78 is 19.0. The van der Waals surface area contributed by atoms with Crippen molar-refractivity contribution in [3.63, 3.8) is 0 Å². The average molecular weight is 425 g/mol. The van der Waals surface area contributed by atoms with Gasteiger partial charge in [0.2, 0.25) is 17.6 Å². The highest BCUT2D eigenvalue weighted by atomic mass is 19.1. The monoisotopic (exact) mass is 425 g/mol. The normalized spacial score (nSPS) is 14.0. The minimum atomic E-state index is -0.434. The number of aromatic nitrogens is 2. The number of nitro benzene ring substituents is 1. The summed E-state index contributed by atoms with van der Waals surface area (Å²) in [6.07, 6.45) is 0.499. The van der Waals surface area contributed by atoms with Crippen LogP contribution >= 0.6 is 0 Å². The maximum Gasteiger partial charge on any atom is 0.269 e. The summed E-state index contributed by atoms with van der Waals surface area (Å²) in [5.74, 6) is -0.000750. The number of benzene rings is 2. The van der Waals surface area contributed by atoms with Gasteiger partial charge in [0.1, 0.15) is 5.82 Å². The second-order valence-corrected chi connectivity index (χ2v) is 7.13. The highest BCUT2D eigenvalue weighted by molar-refractivity contribution is 5.76. The molecule has 1 amide bonds. The number of hydrogen-bond acceptors (Lipinski definition) is 7. The zero-order chi connectivity index (χ0) is 21.8. The summed E-state index contributed by atoms with van der Waals surface area (Å²) in [6, 6.07) is 12.6. The molecule has 2 aromatic carbocycles. The molecule has 9 nitrogen and oxygen atoms in total. The molecule has 4 rings (SSSR count). The lowest BCUT2D eigenvalue weighted by Gasteiger charge is -2.36. The number of carbonyl (C=O) groups is 1. The van der Waals surface area contributed by atoms with Gasteiger partial charge in [-0.3, -0.25) is 14.9 Å². The lowest BCUT2D eigenvalue weighted by Crippen LogP contribution is -2.48. The lowest BCUT2D eigenvalue weighted by atomic mass is 10.2. The van der Waals surface area contributed by atoms with Crippen LogP contribution in [0.3, 0.4) is 0 Å². The third-order valence-electron chi connectivity index (χ3n) is 5.19. The van der Waals surface area contributed by atoms with Crippen molar-refractivity contribution in [3.8, 4) is 11.4 Å². The smallest absolute Gasteiger partial charge is 0.269 e. The highest BCUT2D eigenvalue weighted by Gasteiger charge is 2.22. The number of carbonyl (C=O) groups excluding carboxylic acids is 1. The number of anilines is 1. The van der Waals surface area contributed by atoms with E-state index in [1.807, 2.05) is 0 Å². The first-order valence-corrected chi connectivity index (χ1v) is 9.86. The predicted octanol–water partition coefficient (Wildman–Crippen LogP) is 3.07. The Balaban J connectivity index is 1.28. The lowest BCUT2D eigenvalue weighted by molar-refractivity contribution is -0.384. The summed E-state index contributed by atoms with van der Waals surface area (Å²) in [4.78, 5) is 30.9. The molecule has 0 unspecified atom stereocenters. The fraction of sp³-hybridized carbons (Fsp3) is 0.286. The van der Waals surface area contributed by atoms with Crippen LogP contribution in [0.2, 0.25) is 0 Å². The van der Waals surface area contributed by atoms with Gasteiger partial charge in [-0.15, -0.1) is 0 Å². The Kier molecular flexibility index (Phi) is 5.87. The van der Waals surface area contributed by atoms with E-state index in [0.29, 0.717) is 26.2 Å². The summed E-state index contributed by atoms with van der Waals surface area (Å²) in [6.45, 7) is 2.39. The van der Waals surface area contributed by atoms with Crippen molar-refractivity contribution in [2.24, 2.45) is 0 Å². The van der Waals surface area contributed by atoms with Crippen LogP contribution in [0.4, 0.5) is 15.8 Å². The molecule has 0 N–H and O–H groups in total. The molecule has 1 saturated heterocycles. The van der Waals surface area contributed by atoms with Crippen LogP contribution in [-0.2, 0) is 11.2 Å². The van der Waals surface area contributed by atoms with Gasteiger partial charge < -0.3 is 14.3 Å². The summed E-state index contributed by atoms with van der Waals surface area (Å²) in [5, 5.41) is 14.6. The molecule has 160 valence electrons. The Hall–Kier alpha value is -3.82. The van der Waals surface area contributed by atoms with Gasteiger partial charge in [0, 0.05) is 56.8 Å². The Labute approximate surface area is 177 Å². The largest absolute Gasteiger partial charge is 0.368 e. The standard InChI is InChI=1S/C21H20FN5O4/c22-18-4-2-1-3-17(18)21-23-19(31-24-21)9-10-20(28)26-13-11-25(12-14-26)15-5-7-16(8-6-15)27(29)30/h1-8H,9-14H2. The number of aryl methyl sites for hydroxylation is 1. The van der Waals surface area contributed by atoms with Gasteiger partial charge in [-0.05, 0) is 24.3 Å². The van der Waals surface area contributed by atoms with Crippen molar-refractivity contribution in [2.75, 3.05) is 31.1 Å². The number of nitrogens with zero attached hydrogens (tertiary/aromatic N) is 5. The number of amides is 1. The molecular formula is C21H20FN5O4. The maximum atomic E-state index is 13.8. The van der Waals surface area contributed by atoms with E-state index in [9.17, 15) is 19.3 Å². The molecule has 1 fully saturated rings. The Bertz CT molecular complexity index is 1080. The number of hydrogen-bond donors (Lipinski definition) is 0. The van der Waals surface area contributed by atoms with Crippen LogP contribution in [0, 0.1) is 15.9 Å². The minimum absolute atomic E-state index is 0.0195. The van der Waals surface area contributed by atoms with Gasteiger partial charge in [0.05, 0.1) is 10.5 Å². The molecule has 2 heterocycles. The van der Waals surface area contributed by atoms with Crippen molar-refractivity contribution >= 4 is 17.3 Å². The van der Waals surface area contributed by atoms with E-state index in [4.69, 9.17) is 4.52 Å². The van der Waals surface area contributed by atoms with Crippen LogP contribution in [0.1, 0.15) is 12.3 Å². The minimum Gasteiger partial charge on any atom is -0.368 e. The van der Waals surface area contributed by atoms with Gasteiger partial charge in [0.15, 0.2) is 0 Å². The molecular weight excluding hydrogens is 405 g/mol. The summed E-state index contributed by atoms with van der Waals surface area (Å²) in [5.41, 5.74) is 1.20. The predicted molar refractivity (Wildman–Crippen MR) is 110 cm³/mol. The second kappa shape index (κ2) is 8.90. The van der Waals surface area contributed by atoms with Gasteiger partial charge in [0.25, 0.3) is 5.69 Å². The van der Waals surface area contributed by atoms with Gasteiger partial charge in [-0.2, -0.15) is 4.98 Å². The first kappa shape index (κ1) is 20.5. The molecule has 0 bridgehead atoms. The fourth-order valence-electron chi connectivity index (χ4n) is 3.48. The second-order valence-electron chi connectivity index (χ2n) is 7.13. The molecule has 0 saturated carbocycles. The van der Waals surface area contributed by atoms with E-state index in [1.165, 1.54) is 18.2 Å². The van der Waals surface area contributed by atoms with Crippen molar-refractivity contribution in [1.29, 1.82) is 0 Å². The molecule has 1 aromatic heterocycles.